The Morgan fingerprint density at radius 1 is 1.44 bits per heavy atom. The van der Waals surface area contributed by atoms with E-state index in [2.05, 4.69) is 10.3 Å². The van der Waals surface area contributed by atoms with Crippen molar-refractivity contribution in [3.05, 3.63) is 57.8 Å². The van der Waals surface area contributed by atoms with Gasteiger partial charge in [0.15, 0.2) is 5.78 Å². The summed E-state index contributed by atoms with van der Waals surface area (Å²) in [6.07, 6.45) is 1.51. The number of nitrogens with zero attached hydrogens (tertiary/aromatic N) is 2. The zero-order valence-electron chi connectivity index (χ0n) is 13.4. The van der Waals surface area contributed by atoms with Crippen molar-refractivity contribution in [3.63, 3.8) is 0 Å². The van der Waals surface area contributed by atoms with Gasteiger partial charge >= 0.3 is 11.7 Å². The number of nitrogens with one attached hydrogen (secondary N) is 1. The Kier molecular flexibility index (Phi) is 4.42. The van der Waals surface area contributed by atoms with Crippen LogP contribution in [0.25, 0.3) is 0 Å². The van der Waals surface area contributed by atoms with Crippen LogP contribution in [0.3, 0.4) is 0 Å². The van der Waals surface area contributed by atoms with E-state index in [1.807, 2.05) is 0 Å². The lowest BCUT2D eigenvalue weighted by Gasteiger charge is -2.11. The standard InChI is InChI=1S/C17H15N3O5/c1-2-25-17(22)13-9-15(21)12-8-10(5-6-11(12)13)19-16-14(20(23)24)4-3-7-18-16/h3-8,13H,2,9H2,1H3,(H,18,19)/t13-/m1/s1. The summed E-state index contributed by atoms with van der Waals surface area (Å²) < 4.78 is 5.01. The molecule has 0 bridgehead atoms. The molecule has 0 unspecified atom stereocenters. The van der Waals surface area contributed by atoms with Gasteiger partial charge in [0.25, 0.3) is 0 Å². The fraction of sp³-hybridized carbons (Fsp3) is 0.235. The fourth-order valence-corrected chi connectivity index (χ4v) is 2.82. The highest BCUT2D eigenvalue weighted by molar-refractivity contribution is 6.06. The maximum Gasteiger partial charge on any atom is 0.313 e. The molecule has 0 radical (unpaired) electrons. The van der Waals surface area contributed by atoms with Crippen LogP contribution in [0.1, 0.15) is 35.2 Å². The van der Waals surface area contributed by atoms with Gasteiger partial charge in [0, 0.05) is 29.9 Å². The van der Waals surface area contributed by atoms with Gasteiger partial charge in [-0.1, -0.05) is 6.07 Å². The molecular formula is C17H15N3O5. The number of benzene rings is 1. The second kappa shape index (κ2) is 6.68. The average Bonchev–Trinajstić information content (AvgIpc) is 2.92. The second-order valence-corrected chi connectivity index (χ2v) is 5.49. The first-order valence-corrected chi connectivity index (χ1v) is 7.71. The van der Waals surface area contributed by atoms with Crippen LogP contribution in [-0.4, -0.2) is 28.3 Å². The van der Waals surface area contributed by atoms with Gasteiger partial charge in [-0.3, -0.25) is 19.7 Å². The summed E-state index contributed by atoms with van der Waals surface area (Å²) >= 11 is 0. The number of ether oxygens (including phenoxy) is 1. The van der Waals surface area contributed by atoms with E-state index in [1.165, 1.54) is 18.3 Å². The first-order valence-electron chi connectivity index (χ1n) is 7.71. The van der Waals surface area contributed by atoms with E-state index in [9.17, 15) is 19.7 Å². The van der Waals surface area contributed by atoms with Gasteiger partial charge in [-0.25, -0.2) is 4.98 Å². The third-order valence-corrected chi connectivity index (χ3v) is 3.94. The largest absolute Gasteiger partial charge is 0.466 e. The minimum atomic E-state index is -0.597. The van der Waals surface area contributed by atoms with Crippen molar-refractivity contribution in [2.24, 2.45) is 0 Å². The smallest absolute Gasteiger partial charge is 0.313 e. The number of hydrogen-bond donors (Lipinski definition) is 1. The molecule has 128 valence electrons. The van der Waals surface area contributed by atoms with E-state index in [0.717, 1.165) is 0 Å². The molecule has 2 aromatic rings. The molecule has 0 saturated carbocycles. The Morgan fingerprint density at radius 2 is 2.24 bits per heavy atom. The van der Waals surface area contributed by atoms with Crippen molar-refractivity contribution < 1.29 is 19.2 Å². The summed E-state index contributed by atoms with van der Waals surface area (Å²) in [7, 11) is 0. The Bertz CT molecular complexity index is 865. The first kappa shape index (κ1) is 16.6. The van der Waals surface area contributed by atoms with Gasteiger partial charge in [-0.15, -0.1) is 0 Å². The lowest BCUT2D eigenvalue weighted by atomic mass is 10.0. The van der Waals surface area contributed by atoms with E-state index < -0.39 is 16.8 Å². The first-order chi connectivity index (χ1) is 12.0. The quantitative estimate of drug-likeness (QED) is 0.505. The molecule has 1 N–H and O–H groups in total. The summed E-state index contributed by atoms with van der Waals surface area (Å²) in [6, 6.07) is 7.71. The van der Waals surface area contributed by atoms with Gasteiger partial charge in [0.1, 0.15) is 0 Å². The highest BCUT2D eigenvalue weighted by atomic mass is 16.6. The minimum absolute atomic E-state index is 0.0708. The van der Waals surface area contributed by atoms with Gasteiger partial charge in [-0.2, -0.15) is 0 Å². The van der Waals surface area contributed by atoms with Crippen LogP contribution >= 0.6 is 0 Å². The van der Waals surface area contributed by atoms with Crippen LogP contribution < -0.4 is 5.32 Å². The molecule has 1 aromatic heterocycles. The number of aromatic nitrogens is 1. The van der Waals surface area contributed by atoms with Crippen molar-refractivity contribution >= 4 is 28.9 Å². The average molecular weight is 341 g/mol. The molecule has 0 aliphatic heterocycles. The third kappa shape index (κ3) is 3.18. The molecule has 25 heavy (non-hydrogen) atoms. The summed E-state index contributed by atoms with van der Waals surface area (Å²) in [5.74, 6) is -1.09. The molecule has 1 aliphatic rings. The van der Waals surface area contributed by atoms with Gasteiger partial charge in [0.05, 0.1) is 17.4 Å². The van der Waals surface area contributed by atoms with E-state index in [-0.39, 0.29) is 30.3 Å². The number of anilines is 2. The van der Waals surface area contributed by atoms with Crippen LogP contribution in [0.5, 0.6) is 0 Å². The molecule has 0 fully saturated rings. The predicted molar refractivity (Wildman–Crippen MR) is 88.9 cm³/mol. The molecule has 0 amide bonds. The number of hydrogen-bond acceptors (Lipinski definition) is 7. The molecule has 0 spiro atoms. The number of esters is 1. The summed E-state index contributed by atoms with van der Waals surface area (Å²) in [5.41, 5.74) is 1.35. The Balaban J connectivity index is 1.90. The lowest BCUT2D eigenvalue weighted by Crippen LogP contribution is -2.13. The van der Waals surface area contributed by atoms with Gasteiger partial charge < -0.3 is 10.1 Å². The number of fused-ring (bicyclic) bond motifs is 1. The molecular weight excluding hydrogens is 326 g/mol. The minimum Gasteiger partial charge on any atom is -0.466 e. The Labute approximate surface area is 143 Å². The van der Waals surface area contributed by atoms with Crippen molar-refractivity contribution in [2.45, 2.75) is 19.3 Å². The predicted octanol–water partition coefficient (Wildman–Crippen LogP) is 2.97. The van der Waals surface area contributed by atoms with Crippen LogP contribution in [0, 0.1) is 10.1 Å². The molecule has 1 aliphatic carbocycles. The molecule has 1 aromatic carbocycles. The second-order valence-electron chi connectivity index (χ2n) is 5.49. The summed E-state index contributed by atoms with van der Waals surface area (Å²) in [5, 5.41) is 13.9. The zero-order valence-corrected chi connectivity index (χ0v) is 13.4. The SMILES string of the molecule is CCOC(=O)[C@@H]1CC(=O)c2cc(Nc3ncccc3[N+](=O)[O-])ccc21. The molecule has 8 heteroatoms. The maximum atomic E-state index is 12.2. The highest BCUT2D eigenvalue weighted by Crippen LogP contribution is 2.36. The van der Waals surface area contributed by atoms with E-state index in [0.29, 0.717) is 16.8 Å². The Morgan fingerprint density at radius 3 is 2.96 bits per heavy atom. The number of ketones is 1. The summed E-state index contributed by atoms with van der Waals surface area (Å²) in [6.45, 7) is 1.96. The summed E-state index contributed by atoms with van der Waals surface area (Å²) in [4.78, 5) is 38.7. The van der Waals surface area contributed by atoms with E-state index >= 15 is 0 Å². The Hall–Kier alpha value is -3.29. The van der Waals surface area contributed by atoms with Crippen LogP contribution in [0.15, 0.2) is 36.5 Å². The van der Waals surface area contributed by atoms with Gasteiger partial charge in [-0.05, 0) is 30.7 Å². The van der Waals surface area contributed by atoms with Crippen molar-refractivity contribution in [2.75, 3.05) is 11.9 Å². The number of nitro groups is 1. The molecule has 1 heterocycles. The topological polar surface area (TPSA) is 111 Å². The molecule has 3 rings (SSSR count). The molecule has 1 atom stereocenters. The van der Waals surface area contributed by atoms with Crippen LogP contribution in [-0.2, 0) is 9.53 Å². The number of pyridine rings is 1. The zero-order chi connectivity index (χ0) is 18.0. The fourth-order valence-electron chi connectivity index (χ4n) is 2.82. The van der Waals surface area contributed by atoms with Crippen molar-refractivity contribution in [3.8, 4) is 0 Å². The van der Waals surface area contributed by atoms with Crippen LogP contribution in [0.2, 0.25) is 0 Å². The maximum absolute atomic E-state index is 12.2. The monoisotopic (exact) mass is 341 g/mol. The normalized spacial score (nSPS) is 15.6. The number of carbonyl (C=O) groups is 2. The molecule has 0 saturated heterocycles. The van der Waals surface area contributed by atoms with Crippen molar-refractivity contribution in [1.29, 1.82) is 0 Å². The van der Waals surface area contributed by atoms with Crippen LogP contribution in [0.4, 0.5) is 17.2 Å². The lowest BCUT2D eigenvalue weighted by molar-refractivity contribution is -0.384. The number of Topliss-reactive ketones (excluding diaryl/α,β-unsaturated/α-hetero) is 1. The van der Waals surface area contributed by atoms with E-state index in [1.54, 1.807) is 25.1 Å². The third-order valence-electron chi connectivity index (χ3n) is 3.94. The number of carbonyl (C=O) groups excluding carboxylic acids is 2. The molecule has 8 nitrogen and oxygen atoms in total. The highest BCUT2D eigenvalue weighted by Gasteiger charge is 2.35. The van der Waals surface area contributed by atoms with Gasteiger partial charge in [0.2, 0.25) is 5.82 Å². The van der Waals surface area contributed by atoms with Crippen molar-refractivity contribution in [1.82, 2.24) is 4.98 Å². The number of rotatable bonds is 5. The van der Waals surface area contributed by atoms with E-state index in [4.69, 9.17) is 4.74 Å².